The number of aromatic nitrogens is 2. The third-order valence-electron chi connectivity index (χ3n) is 2.40. The monoisotopic (exact) mass is 251 g/mol. The predicted octanol–water partition coefficient (Wildman–Crippen LogP) is 2.34. The van der Waals surface area contributed by atoms with Gasteiger partial charge in [0.2, 0.25) is 0 Å². The molecular weight excluding hydrogens is 230 g/mol. The van der Waals surface area contributed by atoms with E-state index in [0.29, 0.717) is 11.7 Å². The zero-order valence-corrected chi connectivity index (χ0v) is 11.4. The number of anilines is 1. The normalized spacial score (nSPS) is 11.6. The quantitative estimate of drug-likeness (QED) is 0.811. The van der Waals surface area contributed by atoms with Gasteiger partial charge in [-0.3, -0.25) is 4.79 Å². The first-order valence-electron chi connectivity index (χ1n) is 6.11. The van der Waals surface area contributed by atoms with Gasteiger partial charge in [0, 0.05) is 5.54 Å². The highest BCUT2D eigenvalue weighted by atomic mass is 16.4. The number of hydrogen-bond donors (Lipinski definition) is 2. The van der Waals surface area contributed by atoms with E-state index in [1.807, 2.05) is 26.0 Å². The molecule has 0 atom stereocenters. The van der Waals surface area contributed by atoms with Gasteiger partial charge in [0.25, 0.3) is 0 Å². The van der Waals surface area contributed by atoms with E-state index in [-0.39, 0.29) is 6.42 Å². The zero-order valence-electron chi connectivity index (χ0n) is 11.4. The van der Waals surface area contributed by atoms with Crippen molar-refractivity contribution in [3.63, 3.8) is 0 Å². The summed E-state index contributed by atoms with van der Waals surface area (Å²) in [5.74, 6) is 0.312. The molecule has 0 fully saturated rings. The van der Waals surface area contributed by atoms with Crippen LogP contribution in [-0.2, 0) is 11.2 Å². The Labute approximate surface area is 108 Å². The third kappa shape index (κ3) is 5.12. The van der Waals surface area contributed by atoms with Crippen molar-refractivity contribution in [2.24, 2.45) is 5.92 Å². The standard InChI is InChI=1S/C13H21N3O2/c1-9(2)7-10-5-6-11(16-15-10)14-13(3,4)8-12(17)18/h5-6,9H,7-8H2,1-4H3,(H,14,16)(H,17,18). The van der Waals surface area contributed by atoms with Gasteiger partial charge < -0.3 is 10.4 Å². The Hall–Kier alpha value is -1.65. The average molecular weight is 251 g/mol. The van der Waals surface area contributed by atoms with Gasteiger partial charge in [0.15, 0.2) is 0 Å². The zero-order chi connectivity index (χ0) is 13.8. The number of carboxylic acids is 1. The number of aliphatic carboxylic acids is 1. The maximum Gasteiger partial charge on any atom is 0.305 e. The fourth-order valence-corrected chi connectivity index (χ4v) is 1.72. The first-order chi connectivity index (χ1) is 8.28. The summed E-state index contributed by atoms with van der Waals surface area (Å²) in [7, 11) is 0. The highest BCUT2D eigenvalue weighted by Crippen LogP contribution is 2.16. The van der Waals surface area contributed by atoms with E-state index < -0.39 is 11.5 Å². The molecule has 0 bridgehead atoms. The summed E-state index contributed by atoms with van der Waals surface area (Å²) in [5, 5.41) is 20.1. The molecule has 5 nitrogen and oxygen atoms in total. The van der Waals surface area contributed by atoms with Gasteiger partial charge in [0.1, 0.15) is 5.82 Å². The molecule has 0 spiro atoms. The molecule has 18 heavy (non-hydrogen) atoms. The lowest BCUT2D eigenvalue weighted by Crippen LogP contribution is -2.34. The molecular formula is C13H21N3O2. The number of hydrogen-bond acceptors (Lipinski definition) is 4. The van der Waals surface area contributed by atoms with Gasteiger partial charge >= 0.3 is 5.97 Å². The van der Waals surface area contributed by atoms with Gasteiger partial charge in [-0.1, -0.05) is 13.8 Å². The van der Waals surface area contributed by atoms with E-state index in [9.17, 15) is 4.79 Å². The van der Waals surface area contributed by atoms with Crippen molar-refractivity contribution in [3.05, 3.63) is 17.8 Å². The van der Waals surface area contributed by atoms with Crippen molar-refractivity contribution < 1.29 is 9.90 Å². The van der Waals surface area contributed by atoms with Crippen LogP contribution < -0.4 is 5.32 Å². The van der Waals surface area contributed by atoms with E-state index in [0.717, 1.165) is 12.1 Å². The van der Waals surface area contributed by atoms with E-state index in [4.69, 9.17) is 5.11 Å². The fourth-order valence-electron chi connectivity index (χ4n) is 1.72. The summed E-state index contributed by atoms with van der Waals surface area (Å²) in [4.78, 5) is 10.7. The van der Waals surface area contributed by atoms with Crippen molar-refractivity contribution in [1.29, 1.82) is 0 Å². The van der Waals surface area contributed by atoms with E-state index in [1.54, 1.807) is 0 Å². The molecule has 0 aliphatic heterocycles. The topological polar surface area (TPSA) is 75.1 Å². The number of rotatable bonds is 6. The van der Waals surface area contributed by atoms with Crippen molar-refractivity contribution >= 4 is 11.8 Å². The Morgan fingerprint density at radius 2 is 2.06 bits per heavy atom. The maximum atomic E-state index is 10.7. The molecule has 0 saturated carbocycles. The SMILES string of the molecule is CC(C)Cc1ccc(NC(C)(C)CC(=O)O)nn1. The average Bonchev–Trinajstić information content (AvgIpc) is 2.17. The van der Waals surface area contributed by atoms with E-state index >= 15 is 0 Å². The highest BCUT2D eigenvalue weighted by molar-refractivity contribution is 5.69. The lowest BCUT2D eigenvalue weighted by atomic mass is 10.0. The minimum atomic E-state index is -0.836. The lowest BCUT2D eigenvalue weighted by molar-refractivity contribution is -0.137. The Balaban J connectivity index is 2.65. The molecule has 0 aliphatic rings. The molecule has 0 aliphatic carbocycles. The Bertz CT molecular complexity index is 399. The largest absolute Gasteiger partial charge is 0.481 e. The first-order valence-corrected chi connectivity index (χ1v) is 6.11. The van der Waals surface area contributed by atoms with Crippen LogP contribution >= 0.6 is 0 Å². The van der Waals surface area contributed by atoms with E-state index in [2.05, 4.69) is 29.4 Å². The van der Waals surface area contributed by atoms with Crippen LogP contribution in [-0.4, -0.2) is 26.8 Å². The molecule has 100 valence electrons. The second kappa shape index (κ2) is 5.80. The fraction of sp³-hybridized carbons (Fsp3) is 0.615. The van der Waals surface area contributed by atoms with E-state index in [1.165, 1.54) is 0 Å². The summed E-state index contributed by atoms with van der Waals surface area (Å²) in [6, 6.07) is 3.76. The molecule has 0 saturated heterocycles. The summed E-state index contributed by atoms with van der Waals surface area (Å²) in [6.07, 6.45) is 0.925. The molecule has 1 aromatic heterocycles. The smallest absolute Gasteiger partial charge is 0.305 e. The third-order valence-corrected chi connectivity index (χ3v) is 2.40. The number of carboxylic acid groups (broad SMARTS) is 1. The van der Waals surface area contributed by atoms with Crippen LogP contribution in [0.3, 0.4) is 0 Å². The van der Waals surface area contributed by atoms with Gasteiger partial charge in [-0.2, -0.15) is 5.10 Å². The van der Waals surface area contributed by atoms with Crippen molar-refractivity contribution in [1.82, 2.24) is 10.2 Å². The van der Waals surface area contributed by atoms with Gasteiger partial charge in [-0.05, 0) is 38.3 Å². The van der Waals surface area contributed by atoms with Gasteiger partial charge in [-0.15, -0.1) is 5.10 Å². The predicted molar refractivity (Wildman–Crippen MR) is 70.5 cm³/mol. The second-order valence-electron chi connectivity index (χ2n) is 5.59. The van der Waals surface area contributed by atoms with Crippen LogP contribution in [0.1, 0.15) is 39.8 Å². The van der Waals surface area contributed by atoms with Crippen LogP contribution in [0.25, 0.3) is 0 Å². The molecule has 5 heteroatoms. The van der Waals surface area contributed by atoms with Gasteiger partial charge in [-0.25, -0.2) is 0 Å². The number of carbonyl (C=O) groups is 1. The summed E-state index contributed by atoms with van der Waals surface area (Å²) >= 11 is 0. The molecule has 0 amide bonds. The lowest BCUT2D eigenvalue weighted by Gasteiger charge is -2.24. The Morgan fingerprint density at radius 3 is 2.50 bits per heavy atom. The molecule has 1 heterocycles. The summed E-state index contributed by atoms with van der Waals surface area (Å²) in [5.41, 5.74) is 0.409. The maximum absolute atomic E-state index is 10.7. The Kier molecular flexibility index (Phi) is 4.64. The van der Waals surface area contributed by atoms with Gasteiger partial charge in [0.05, 0.1) is 12.1 Å². The molecule has 0 unspecified atom stereocenters. The highest BCUT2D eigenvalue weighted by Gasteiger charge is 2.21. The van der Waals surface area contributed by atoms with Crippen molar-refractivity contribution in [3.8, 4) is 0 Å². The molecule has 0 aromatic carbocycles. The number of nitrogens with one attached hydrogen (secondary N) is 1. The molecule has 0 radical (unpaired) electrons. The van der Waals surface area contributed by atoms with Crippen molar-refractivity contribution in [2.45, 2.75) is 46.1 Å². The molecule has 1 rings (SSSR count). The summed E-state index contributed by atoms with van der Waals surface area (Å²) in [6.45, 7) is 7.91. The minimum absolute atomic E-state index is 0.0302. The van der Waals surface area contributed by atoms with Crippen LogP contribution in [0.2, 0.25) is 0 Å². The van der Waals surface area contributed by atoms with Crippen LogP contribution in [0, 0.1) is 5.92 Å². The van der Waals surface area contributed by atoms with Crippen LogP contribution in [0.5, 0.6) is 0 Å². The molecule has 2 N–H and O–H groups in total. The van der Waals surface area contributed by atoms with Crippen LogP contribution in [0.4, 0.5) is 5.82 Å². The van der Waals surface area contributed by atoms with Crippen LogP contribution in [0.15, 0.2) is 12.1 Å². The summed E-state index contributed by atoms with van der Waals surface area (Å²) < 4.78 is 0. The number of nitrogens with zero attached hydrogens (tertiary/aromatic N) is 2. The Morgan fingerprint density at radius 1 is 1.39 bits per heavy atom. The minimum Gasteiger partial charge on any atom is -0.481 e. The molecule has 1 aromatic rings. The van der Waals surface area contributed by atoms with Crippen molar-refractivity contribution in [2.75, 3.05) is 5.32 Å². The first kappa shape index (κ1) is 14.4. The second-order valence-corrected chi connectivity index (χ2v) is 5.59.